The van der Waals surface area contributed by atoms with Crippen LogP contribution in [0.25, 0.3) is 0 Å². The highest BCUT2D eigenvalue weighted by molar-refractivity contribution is 7.99. The third-order valence-electron chi connectivity index (χ3n) is 5.02. The molecule has 0 spiro atoms. The molecule has 1 aliphatic rings. The minimum atomic E-state index is -0.179. The molecule has 3 aromatic rings. The summed E-state index contributed by atoms with van der Waals surface area (Å²) in [5, 5.41) is 14.0. The fourth-order valence-electron chi connectivity index (χ4n) is 3.45. The molecule has 1 aliphatic carbocycles. The Hall–Kier alpha value is -1.73. The molecule has 0 unspecified atom stereocenters. The van der Waals surface area contributed by atoms with Crippen LogP contribution in [-0.2, 0) is 11.3 Å². The van der Waals surface area contributed by atoms with Crippen LogP contribution in [0, 0.1) is 0 Å². The van der Waals surface area contributed by atoms with Gasteiger partial charge >= 0.3 is 0 Å². The maximum atomic E-state index is 12.4. The molecule has 5 nitrogen and oxygen atoms in total. The number of aromatic nitrogens is 3. The number of nitrogens with one attached hydrogen (secondary N) is 1. The summed E-state index contributed by atoms with van der Waals surface area (Å²) in [6.07, 6.45) is 1.04. The van der Waals surface area contributed by atoms with Crippen LogP contribution < -0.4 is 5.32 Å². The van der Waals surface area contributed by atoms with Crippen LogP contribution in [0.2, 0.25) is 15.1 Å². The van der Waals surface area contributed by atoms with E-state index in [4.69, 9.17) is 34.8 Å². The average molecular weight is 482 g/mol. The first-order valence-electron chi connectivity index (χ1n) is 9.52. The number of halogens is 3. The molecule has 2 atom stereocenters. The number of benzene rings is 2. The van der Waals surface area contributed by atoms with Crippen LogP contribution in [0.4, 0.5) is 5.69 Å². The zero-order valence-electron chi connectivity index (χ0n) is 16.1. The Kier molecular flexibility index (Phi) is 6.58. The summed E-state index contributed by atoms with van der Waals surface area (Å²) < 4.78 is 2.09. The second-order valence-corrected chi connectivity index (χ2v) is 9.27. The molecule has 30 heavy (non-hydrogen) atoms. The second-order valence-electron chi connectivity index (χ2n) is 7.05. The molecule has 1 fully saturated rings. The summed E-state index contributed by atoms with van der Waals surface area (Å²) in [5.74, 6) is 1.77. The summed E-state index contributed by atoms with van der Waals surface area (Å²) in [7, 11) is 0. The predicted molar refractivity (Wildman–Crippen MR) is 123 cm³/mol. The molecule has 0 radical (unpaired) electrons. The highest BCUT2D eigenvalue weighted by atomic mass is 35.5. The van der Waals surface area contributed by atoms with Gasteiger partial charge in [0.1, 0.15) is 5.82 Å². The van der Waals surface area contributed by atoms with Crippen LogP contribution in [0.15, 0.2) is 47.6 Å². The lowest BCUT2D eigenvalue weighted by atomic mass is 10.1. The molecule has 0 aliphatic heterocycles. The predicted octanol–water partition coefficient (Wildman–Crippen LogP) is 6.26. The van der Waals surface area contributed by atoms with Crippen molar-refractivity contribution in [1.29, 1.82) is 0 Å². The minimum absolute atomic E-state index is 0.179. The number of hydrogen-bond acceptors (Lipinski definition) is 4. The smallest absolute Gasteiger partial charge is 0.234 e. The molecular formula is C21H19Cl3N4OS. The first kappa shape index (κ1) is 21.5. The minimum Gasteiger partial charge on any atom is -0.324 e. The summed E-state index contributed by atoms with van der Waals surface area (Å²) >= 11 is 19.4. The summed E-state index contributed by atoms with van der Waals surface area (Å²) in [6.45, 7) is 2.80. The largest absolute Gasteiger partial charge is 0.324 e. The number of carbonyl (C=O) groups excluding carboxylic acids is 1. The molecule has 4 rings (SSSR count). The molecule has 1 aromatic heterocycles. The van der Waals surface area contributed by atoms with Gasteiger partial charge in [-0.15, -0.1) is 10.2 Å². The fraction of sp³-hybridized carbons (Fsp3) is 0.286. The van der Waals surface area contributed by atoms with Gasteiger partial charge in [-0.25, -0.2) is 0 Å². The summed E-state index contributed by atoms with van der Waals surface area (Å²) in [5.41, 5.74) is 1.76. The van der Waals surface area contributed by atoms with E-state index in [1.165, 1.54) is 17.3 Å². The zero-order chi connectivity index (χ0) is 21.3. The third-order valence-corrected chi connectivity index (χ3v) is 6.80. The number of rotatable bonds is 7. The van der Waals surface area contributed by atoms with Gasteiger partial charge in [0.15, 0.2) is 5.16 Å². The van der Waals surface area contributed by atoms with E-state index in [1.807, 2.05) is 12.1 Å². The van der Waals surface area contributed by atoms with E-state index < -0.39 is 0 Å². The number of amides is 1. The van der Waals surface area contributed by atoms with Gasteiger partial charge in [0.25, 0.3) is 0 Å². The quantitative estimate of drug-likeness (QED) is 0.405. The lowest BCUT2D eigenvalue weighted by molar-refractivity contribution is -0.113. The van der Waals surface area contributed by atoms with E-state index in [-0.39, 0.29) is 11.7 Å². The van der Waals surface area contributed by atoms with Crippen molar-refractivity contribution in [1.82, 2.24) is 14.8 Å². The van der Waals surface area contributed by atoms with E-state index in [1.54, 1.807) is 18.2 Å². The van der Waals surface area contributed by atoms with Crippen LogP contribution in [0.1, 0.15) is 36.6 Å². The van der Waals surface area contributed by atoms with Crippen molar-refractivity contribution in [3.63, 3.8) is 0 Å². The Balaban J connectivity index is 1.40. The van der Waals surface area contributed by atoms with Crippen molar-refractivity contribution in [2.75, 3.05) is 11.1 Å². The highest BCUT2D eigenvalue weighted by Gasteiger charge is 2.43. The highest BCUT2D eigenvalue weighted by Crippen LogP contribution is 2.54. The zero-order valence-corrected chi connectivity index (χ0v) is 19.2. The average Bonchev–Trinajstić information content (AvgIpc) is 3.41. The Bertz CT molecular complexity index is 1070. The van der Waals surface area contributed by atoms with Crippen LogP contribution >= 0.6 is 46.6 Å². The number of nitrogens with zero attached hydrogens (tertiary/aromatic N) is 3. The molecular weight excluding hydrogens is 463 g/mol. The van der Waals surface area contributed by atoms with Gasteiger partial charge in [-0.1, -0.05) is 58.7 Å². The van der Waals surface area contributed by atoms with E-state index in [2.05, 4.69) is 39.1 Å². The van der Waals surface area contributed by atoms with E-state index >= 15 is 0 Å². The lowest BCUT2D eigenvalue weighted by Crippen LogP contribution is -2.15. The second kappa shape index (κ2) is 9.18. The Labute approximate surface area is 194 Å². The van der Waals surface area contributed by atoms with Crippen LogP contribution in [-0.4, -0.2) is 26.4 Å². The first-order chi connectivity index (χ1) is 14.5. The molecule has 156 valence electrons. The van der Waals surface area contributed by atoms with E-state index in [0.717, 1.165) is 29.0 Å². The first-order valence-corrected chi connectivity index (χ1v) is 11.6. The van der Waals surface area contributed by atoms with Gasteiger partial charge < -0.3 is 9.88 Å². The van der Waals surface area contributed by atoms with Crippen molar-refractivity contribution < 1.29 is 4.79 Å². The number of anilines is 1. The maximum Gasteiger partial charge on any atom is 0.234 e. The van der Waals surface area contributed by atoms with Gasteiger partial charge in [-0.2, -0.15) is 0 Å². The van der Waals surface area contributed by atoms with Crippen LogP contribution in [0.3, 0.4) is 0 Å². The molecule has 1 heterocycles. The maximum absolute atomic E-state index is 12.4. The summed E-state index contributed by atoms with van der Waals surface area (Å²) in [6, 6.07) is 12.9. The molecule has 1 saturated carbocycles. The van der Waals surface area contributed by atoms with Gasteiger partial charge in [0.2, 0.25) is 5.91 Å². The Morgan fingerprint density at radius 3 is 2.57 bits per heavy atom. The standard InChI is InChI=1S/C21H19Cl3N4OS/c1-2-28-20(16-10-15(16)12-3-5-13(22)6-4-12)26-27-21(28)30-11-19(29)25-18-9-14(23)7-8-17(18)24/h3-9,15-16H,2,10-11H2,1H3,(H,25,29)/t15-,16-/m1/s1. The summed E-state index contributed by atoms with van der Waals surface area (Å²) in [4.78, 5) is 12.4. The van der Waals surface area contributed by atoms with Crippen molar-refractivity contribution in [3.8, 4) is 0 Å². The van der Waals surface area contributed by atoms with Crippen LogP contribution in [0.5, 0.6) is 0 Å². The van der Waals surface area contributed by atoms with Gasteiger partial charge in [-0.05, 0) is 55.2 Å². The number of hydrogen-bond donors (Lipinski definition) is 1. The van der Waals surface area contributed by atoms with E-state index in [0.29, 0.717) is 27.6 Å². The molecule has 0 saturated heterocycles. The van der Waals surface area contributed by atoms with Crippen molar-refractivity contribution in [3.05, 3.63) is 68.9 Å². The third kappa shape index (κ3) is 4.78. The monoisotopic (exact) mass is 480 g/mol. The van der Waals surface area contributed by atoms with Crippen molar-refractivity contribution in [2.45, 2.75) is 36.9 Å². The Morgan fingerprint density at radius 1 is 1.10 bits per heavy atom. The molecule has 9 heteroatoms. The topological polar surface area (TPSA) is 59.8 Å². The molecule has 0 bridgehead atoms. The van der Waals surface area contributed by atoms with Gasteiger partial charge in [-0.3, -0.25) is 4.79 Å². The van der Waals surface area contributed by atoms with Crippen molar-refractivity contribution >= 4 is 58.2 Å². The number of carbonyl (C=O) groups is 1. The van der Waals surface area contributed by atoms with Gasteiger partial charge in [0.05, 0.1) is 16.5 Å². The lowest BCUT2D eigenvalue weighted by Gasteiger charge is -2.09. The molecule has 1 amide bonds. The normalized spacial score (nSPS) is 17.7. The molecule has 1 N–H and O–H groups in total. The fourth-order valence-corrected chi connectivity index (χ4v) is 4.72. The SMILES string of the molecule is CCn1c(SCC(=O)Nc2cc(Cl)ccc2Cl)nnc1[C@@H]1C[C@@H]1c1ccc(Cl)cc1. The van der Waals surface area contributed by atoms with E-state index in [9.17, 15) is 4.79 Å². The number of thioether (sulfide) groups is 1. The van der Waals surface area contributed by atoms with Crippen molar-refractivity contribution in [2.24, 2.45) is 0 Å². The van der Waals surface area contributed by atoms with Gasteiger partial charge in [0, 0.05) is 22.5 Å². The Morgan fingerprint density at radius 2 is 1.83 bits per heavy atom. The molecule has 2 aromatic carbocycles.